The maximum Gasteiger partial charge on any atom is 0.415 e. The number of anilines is 1. The van der Waals surface area contributed by atoms with Crippen molar-refractivity contribution in [1.29, 1.82) is 0 Å². The van der Waals surface area contributed by atoms with Crippen molar-refractivity contribution in [3.63, 3.8) is 0 Å². The Morgan fingerprint density at radius 2 is 2.11 bits per heavy atom. The molecule has 4 nitrogen and oxygen atoms in total. The van der Waals surface area contributed by atoms with Gasteiger partial charge in [-0.2, -0.15) is 0 Å². The van der Waals surface area contributed by atoms with Crippen molar-refractivity contribution in [3.8, 4) is 0 Å². The molecule has 0 aliphatic heterocycles. The molecule has 1 aromatic rings. The molecule has 0 atom stereocenters. The molecule has 0 radical (unpaired) electrons. The van der Waals surface area contributed by atoms with Crippen LogP contribution in [-0.2, 0) is 10.6 Å². The highest BCUT2D eigenvalue weighted by molar-refractivity contribution is 6.30. The fourth-order valence-corrected chi connectivity index (χ4v) is 1.87. The van der Waals surface area contributed by atoms with E-state index >= 15 is 0 Å². The summed E-state index contributed by atoms with van der Waals surface area (Å²) in [6.07, 6.45) is 1.04. The summed E-state index contributed by atoms with van der Waals surface area (Å²) in [6, 6.07) is 1.70. The van der Waals surface area contributed by atoms with E-state index in [1.54, 1.807) is 6.07 Å². The van der Waals surface area contributed by atoms with Crippen LogP contribution in [0.1, 0.15) is 33.3 Å². The molecule has 0 spiro atoms. The number of pyridine rings is 1. The number of amides is 1. The normalized spacial score (nSPS) is 11.3. The molecule has 0 bridgehead atoms. The summed E-state index contributed by atoms with van der Waals surface area (Å²) in [6.45, 7) is 7.73. The lowest BCUT2D eigenvalue weighted by Gasteiger charge is -2.26. The van der Waals surface area contributed by atoms with E-state index in [2.05, 4.69) is 4.98 Å². The molecule has 106 valence electrons. The van der Waals surface area contributed by atoms with Crippen LogP contribution in [0.4, 0.5) is 10.6 Å². The second-order valence-electron chi connectivity index (χ2n) is 4.99. The molecule has 6 heteroatoms. The highest BCUT2D eigenvalue weighted by Gasteiger charge is 2.24. The molecular weight excluding hydrogens is 287 g/mol. The molecule has 1 amide bonds. The molecule has 0 N–H and O–H groups in total. The van der Waals surface area contributed by atoms with Crippen molar-refractivity contribution in [1.82, 2.24) is 4.98 Å². The number of rotatable bonds is 3. The molecule has 1 aromatic heterocycles. The standard InChI is InChI=1S/C13H18Cl2N2O2/c1-5-17(12(18)19-13(2,3)4)11-9(7-14)6-10(15)8-16-11/h6,8H,5,7H2,1-4H3. The minimum absolute atomic E-state index is 0.224. The number of carbonyl (C=O) groups excluding carboxylic acids is 1. The third kappa shape index (κ3) is 4.55. The van der Waals surface area contributed by atoms with Gasteiger partial charge >= 0.3 is 6.09 Å². The van der Waals surface area contributed by atoms with Crippen molar-refractivity contribution >= 4 is 35.1 Å². The lowest BCUT2D eigenvalue weighted by Crippen LogP contribution is -2.37. The van der Waals surface area contributed by atoms with E-state index in [0.29, 0.717) is 22.9 Å². The van der Waals surface area contributed by atoms with Gasteiger partial charge in [0.1, 0.15) is 11.4 Å². The Morgan fingerprint density at radius 3 is 2.58 bits per heavy atom. The first-order valence-corrected chi connectivity index (χ1v) is 6.90. The van der Waals surface area contributed by atoms with Crippen molar-refractivity contribution in [2.45, 2.75) is 39.2 Å². The van der Waals surface area contributed by atoms with Crippen LogP contribution in [0.15, 0.2) is 12.3 Å². The van der Waals surface area contributed by atoms with E-state index in [0.717, 1.165) is 0 Å². The average Bonchev–Trinajstić information content (AvgIpc) is 2.29. The quantitative estimate of drug-likeness (QED) is 0.785. The third-order valence-corrected chi connectivity index (χ3v) is 2.73. The monoisotopic (exact) mass is 304 g/mol. The number of halogens is 2. The van der Waals surface area contributed by atoms with E-state index in [1.165, 1.54) is 11.1 Å². The summed E-state index contributed by atoms with van der Waals surface area (Å²) in [4.78, 5) is 17.8. The second-order valence-corrected chi connectivity index (χ2v) is 5.70. The molecular formula is C13H18Cl2N2O2. The number of nitrogens with zero attached hydrogens (tertiary/aromatic N) is 2. The fourth-order valence-electron chi connectivity index (χ4n) is 1.50. The van der Waals surface area contributed by atoms with E-state index < -0.39 is 11.7 Å². The highest BCUT2D eigenvalue weighted by Crippen LogP contribution is 2.24. The van der Waals surface area contributed by atoms with E-state index in [1.807, 2.05) is 27.7 Å². The predicted molar refractivity (Wildman–Crippen MR) is 78.1 cm³/mol. The third-order valence-electron chi connectivity index (χ3n) is 2.24. The van der Waals surface area contributed by atoms with Gasteiger partial charge in [-0.15, -0.1) is 11.6 Å². The Hall–Kier alpha value is -1.000. The fraction of sp³-hybridized carbons (Fsp3) is 0.538. The Morgan fingerprint density at radius 1 is 1.47 bits per heavy atom. The SMILES string of the molecule is CCN(C(=O)OC(C)(C)C)c1ncc(Cl)cc1CCl. The lowest BCUT2D eigenvalue weighted by atomic mass is 10.2. The summed E-state index contributed by atoms with van der Waals surface area (Å²) in [5.74, 6) is 0.707. The minimum atomic E-state index is -0.557. The number of alkyl halides is 1. The van der Waals surface area contributed by atoms with Crippen molar-refractivity contribution in [3.05, 3.63) is 22.8 Å². The molecule has 0 fully saturated rings. The number of carbonyl (C=O) groups is 1. The molecule has 0 unspecified atom stereocenters. The van der Waals surface area contributed by atoms with Gasteiger partial charge < -0.3 is 4.74 Å². The van der Waals surface area contributed by atoms with Crippen LogP contribution in [0.25, 0.3) is 0 Å². The Balaban J connectivity index is 3.06. The zero-order valence-electron chi connectivity index (χ0n) is 11.5. The maximum absolute atomic E-state index is 12.1. The Bertz CT molecular complexity index is 458. The number of hydrogen-bond acceptors (Lipinski definition) is 3. The van der Waals surface area contributed by atoms with Gasteiger partial charge in [-0.05, 0) is 33.8 Å². The molecule has 0 aliphatic rings. The summed E-state index contributed by atoms with van der Waals surface area (Å²) in [7, 11) is 0. The van der Waals surface area contributed by atoms with Crippen molar-refractivity contribution < 1.29 is 9.53 Å². The van der Waals surface area contributed by atoms with E-state index in [9.17, 15) is 4.79 Å². The van der Waals surface area contributed by atoms with Gasteiger partial charge in [0.2, 0.25) is 0 Å². The molecule has 1 rings (SSSR count). The summed E-state index contributed by atoms with van der Waals surface area (Å²) < 4.78 is 5.35. The highest BCUT2D eigenvalue weighted by atomic mass is 35.5. The zero-order chi connectivity index (χ0) is 14.6. The first-order valence-electron chi connectivity index (χ1n) is 5.99. The van der Waals surface area contributed by atoms with Crippen LogP contribution in [0.5, 0.6) is 0 Å². The van der Waals surface area contributed by atoms with Gasteiger partial charge in [-0.3, -0.25) is 4.90 Å². The van der Waals surface area contributed by atoms with Gasteiger partial charge in [0, 0.05) is 18.3 Å². The number of hydrogen-bond donors (Lipinski definition) is 0. The van der Waals surface area contributed by atoms with Crippen LogP contribution in [-0.4, -0.2) is 23.2 Å². The first kappa shape index (κ1) is 16.1. The predicted octanol–water partition coefficient (Wildman–Crippen LogP) is 4.24. The first-order chi connectivity index (χ1) is 8.78. The van der Waals surface area contributed by atoms with Crippen LogP contribution >= 0.6 is 23.2 Å². The molecule has 0 aliphatic carbocycles. The molecule has 19 heavy (non-hydrogen) atoms. The molecule has 0 saturated carbocycles. The van der Waals surface area contributed by atoms with Crippen LogP contribution in [0.3, 0.4) is 0 Å². The van der Waals surface area contributed by atoms with Crippen molar-refractivity contribution in [2.75, 3.05) is 11.4 Å². The van der Waals surface area contributed by atoms with E-state index in [4.69, 9.17) is 27.9 Å². The largest absolute Gasteiger partial charge is 0.443 e. The van der Waals surface area contributed by atoms with E-state index in [-0.39, 0.29) is 5.88 Å². The molecule has 0 aromatic carbocycles. The van der Waals surface area contributed by atoms with Gasteiger partial charge in [0.15, 0.2) is 0 Å². The van der Waals surface area contributed by atoms with Crippen molar-refractivity contribution in [2.24, 2.45) is 0 Å². The topological polar surface area (TPSA) is 42.4 Å². The smallest absolute Gasteiger partial charge is 0.415 e. The number of ether oxygens (including phenoxy) is 1. The molecule has 0 saturated heterocycles. The zero-order valence-corrected chi connectivity index (χ0v) is 13.0. The summed E-state index contributed by atoms with van der Waals surface area (Å²) in [5.41, 5.74) is 0.139. The molecule has 1 heterocycles. The van der Waals surface area contributed by atoms with Gasteiger partial charge in [-0.25, -0.2) is 9.78 Å². The van der Waals surface area contributed by atoms with Gasteiger partial charge in [0.25, 0.3) is 0 Å². The summed E-state index contributed by atoms with van der Waals surface area (Å²) in [5, 5.41) is 0.486. The Kier molecular flexibility index (Phi) is 5.44. The minimum Gasteiger partial charge on any atom is -0.443 e. The Labute approximate surface area is 123 Å². The number of aromatic nitrogens is 1. The van der Waals surface area contributed by atoms with Gasteiger partial charge in [-0.1, -0.05) is 11.6 Å². The lowest BCUT2D eigenvalue weighted by molar-refractivity contribution is 0.0581. The van der Waals surface area contributed by atoms with Crippen LogP contribution < -0.4 is 4.90 Å². The summed E-state index contributed by atoms with van der Waals surface area (Å²) >= 11 is 11.7. The van der Waals surface area contributed by atoms with Crippen LogP contribution in [0.2, 0.25) is 5.02 Å². The average molecular weight is 305 g/mol. The van der Waals surface area contributed by atoms with Gasteiger partial charge in [0.05, 0.1) is 10.9 Å². The second kappa shape index (κ2) is 6.44. The van der Waals surface area contributed by atoms with Crippen LogP contribution in [0, 0.1) is 0 Å². The maximum atomic E-state index is 12.1.